The quantitative estimate of drug-likeness (QED) is 0.696. The van der Waals surface area contributed by atoms with Gasteiger partial charge in [0.2, 0.25) is 10.0 Å². The standard InChI is InChI=1S/C14H23N3O3S/c1-5-8-16(9-6-2)21(19,20)14-12(3)15-17(13(14)4)10-7-11-18/h5-6,18H,1-2,7-11H2,3-4H3. The Kier molecular flexibility index (Phi) is 6.32. The van der Waals surface area contributed by atoms with Crippen molar-refractivity contribution in [2.45, 2.75) is 31.7 Å². The number of nitrogens with zero attached hydrogens (tertiary/aromatic N) is 3. The molecule has 21 heavy (non-hydrogen) atoms. The number of aliphatic hydroxyl groups excluding tert-OH is 1. The van der Waals surface area contributed by atoms with E-state index < -0.39 is 10.0 Å². The third-order valence-electron chi connectivity index (χ3n) is 3.11. The summed E-state index contributed by atoms with van der Waals surface area (Å²) in [6.07, 6.45) is 3.62. The second kappa shape index (κ2) is 7.53. The maximum atomic E-state index is 12.8. The predicted octanol–water partition coefficient (Wildman–Crippen LogP) is 1.25. The van der Waals surface area contributed by atoms with Crippen molar-refractivity contribution in [1.82, 2.24) is 14.1 Å². The van der Waals surface area contributed by atoms with Crippen molar-refractivity contribution in [3.8, 4) is 0 Å². The van der Waals surface area contributed by atoms with Crippen molar-refractivity contribution in [2.75, 3.05) is 19.7 Å². The average Bonchev–Trinajstić information content (AvgIpc) is 2.71. The fourth-order valence-corrected chi connectivity index (χ4v) is 3.93. The van der Waals surface area contributed by atoms with E-state index in [1.165, 1.54) is 4.31 Å². The molecule has 0 bridgehead atoms. The first-order valence-electron chi connectivity index (χ1n) is 6.77. The summed E-state index contributed by atoms with van der Waals surface area (Å²) in [4.78, 5) is 0.226. The molecular formula is C14H23N3O3S. The van der Waals surface area contributed by atoms with E-state index in [1.807, 2.05) is 0 Å². The molecule has 0 aromatic carbocycles. The Morgan fingerprint density at radius 1 is 1.29 bits per heavy atom. The van der Waals surface area contributed by atoms with Crippen molar-refractivity contribution < 1.29 is 13.5 Å². The summed E-state index contributed by atoms with van der Waals surface area (Å²) in [5.74, 6) is 0. The zero-order chi connectivity index (χ0) is 16.0. The van der Waals surface area contributed by atoms with E-state index in [4.69, 9.17) is 5.11 Å². The fourth-order valence-electron chi connectivity index (χ4n) is 2.18. The third-order valence-corrected chi connectivity index (χ3v) is 5.19. The van der Waals surface area contributed by atoms with Gasteiger partial charge in [-0.05, 0) is 20.3 Å². The van der Waals surface area contributed by atoms with E-state index in [9.17, 15) is 8.42 Å². The van der Waals surface area contributed by atoms with Gasteiger partial charge < -0.3 is 5.11 Å². The summed E-state index contributed by atoms with van der Waals surface area (Å²) < 4.78 is 28.5. The molecule has 1 rings (SSSR count). The second-order valence-electron chi connectivity index (χ2n) is 4.70. The molecule has 118 valence electrons. The Balaban J connectivity index is 3.26. The number of hydrogen-bond acceptors (Lipinski definition) is 4. The molecule has 0 aliphatic heterocycles. The van der Waals surface area contributed by atoms with Crippen LogP contribution in [-0.4, -0.2) is 47.3 Å². The molecule has 1 heterocycles. The smallest absolute Gasteiger partial charge is 0.247 e. The maximum Gasteiger partial charge on any atom is 0.247 e. The highest BCUT2D eigenvalue weighted by atomic mass is 32.2. The number of sulfonamides is 1. The number of rotatable bonds is 9. The lowest BCUT2D eigenvalue weighted by molar-refractivity contribution is 0.276. The summed E-state index contributed by atoms with van der Waals surface area (Å²) >= 11 is 0. The third kappa shape index (κ3) is 3.81. The molecule has 0 unspecified atom stereocenters. The average molecular weight is 313 g/mol. The molecule has 0 amide bonds. The predicted molar refractivity (Wildman–Crippen MR) is 82.6 cm³/mol. The van der Waals surface area contributed by atoms with Crippen molar-refractivity contribution in [3.63, 3.8) is 0 Å². The van der Waals surface area contributed by atoms with Gasteiger partial charge >= 0.3 is 0 Å². The van der Waals surface area contributed by atoms with Gasteiger partial charge in [0.05, 0.1) is 11.4 Å². The van der Waals surface area contributed by atoms with Crippen LogP contribution in [0.25, 0.3) is 0 Å². The summed E-state index contributed by atoms with van der Waals surface area (Å²) in [7, 11) is -3.65. The monoisotopic (exact) mass is 313 g/mol. The number of aryl methyl sites for hydroxylation is 2. The summed E-state index contributed by atoms with van der Waals surface area (Å²) in [6.45, 7) is 11.5. The van der Waals surface area contributed by atoms with Gasteiger partial charge in [-0.1, -0.05) is 12.2 Å². The van der Waals surface area contributed by atoms with Crippen LogP contribution in [0.15, 0.2) is 30.2 Å². The van der Waals surface area contributed by atoms with Crippen LogP contribution in [0.2, 0.25) is 0 Å². The summed E-state index contributed by atoms with van der Waals surface area (Å²) in [6, 6.07) is 0. The zero-order valence-corrected chi connectivity index (χ0v) is 13.4. The van der Waals surface area contributed by atoms with Crippen molar-refractivity contribution in [3.05, 3.63) is 36.7 Å². The normalized spacial score (nSPS) is 11.8. The van der Waals surface area contributed by atoms with Crippen molar-refractivity contribution in [2.24, 2.45) is 0 Å². The Hall–Kier alpha value is -1.44. The van der Waals surface area contributed by atoms with E-state index in [1.54, 1.807) is 30.7 Å². The van der Waals surface area contributed by atoms with Crippen LogP contribution in [0.3, 0.4) is 0 Å². The van der Waals surface area contributed by atoms with Crippen LogP contribution in [0.5, 0.6) is 0 Å². The highest BCUT2D eigenvalue weighted by molar-refractivity contribution is 7.89. The first-order valence-corrected chi connectivity index (χ1v) is 8.21. The molecule has 0 saturated heterocycles. The lowest BCUT2D eigenvalue weighted by Crippen LogP contribution is -2.32. The molecule has 0 radical (unpaired) electrons. The highest BCUT2D eigenvalue weighted by Crippen LogP contribution is 2.23. The maximum absolute atomic E-state index is 12.8. The Morgan fingerprint density at radius 2 is 1.86 bits per heavy atom. The Morgan fingerprint density at radius 3 is 2.33 bits per heavy atom. The highest BCUT2D eigenvalue weighted by Gasteiger charge is 2.29. The van der Waals surface area contributed by atoms with Gasteiger partial charge in [0.1, 0.15) is 4.90 Å². The minimum Gasteiger partial charge on any atom is -0.396 e. The van der Waals surface area contributed by atoms with E-state index in [-0.39, 0.29) is 24.6 Å². The molecule has 0 atom stereocenters. The van der Waals surface area contributed by atoms with Gasteiger partial charge in [-0.25, -0.2) is 8.42 Å². The van der Waals surface area contributed by atoms with Crippen LogP contribution < -0.4 is 0 Å². The minimum atomic E-state index is -3.65. The Labute approximate surface area is 126 Å². The minimum absolute atomic E-state index is 0.0412. The molecule has 1 aromatic heterocycles. The molecule has 0 fully saturated rings. The lowest BCUT2D eigenvalue weighted by atomic mass is 10.4. The van der Waals surface area contributed by atoms with Crippen LogP contribution in [0.4, 0.5) is 0 Å². The second-order valence-corrected chi connectivity index (χ2v) is 6.57. The molecule has 0 spiro atoms. The molecule has 1 aromatic rings. The van der Waals surface area contributed by atoms with E-state index in [0.717, 1.165) is 0 Å². The van der Waals surface area contributed by atoms with Crippen LogP contribution in [0.1, 0.15) is 17.8 Å². The topological polar surface area (TPSA) is 75.4 Å². The van der Waals surface area contributed by atoms with Gasteiger partial charge in [-0.3, -0.25) is 4.68 Å². The van der Waals surface area contributed by atoms with E-state index >= 15 is 0 Å². The molecule has 7 heteroatoms. The van der Waals surface area contributed by atoms with E-state index in [0.29, 0.717) is 24.4 Å². The van der Waals surface area contributed by atoms with Crippen molar-refractivity contribution >= 4 is 10.0 Å². The molecular weight excluding hydrogens is 290 g/mol. The largest absolute Gasteiger partial charge is 0.396 e. The van der Waals surface area contributed by atoms with Crippen LogP contribution in [0, 0.1) is 13.8 Å². The van der Waals surface area contributed by atoms with E-state index in [2.05, 4.69) is 18.3 Å². The van der Waals surface area contributed by atoms with Crippen LogP contribution in [-0.2, 0) is 16.6 Å². The van der Waals surface area contributed by atoms with Gasteiger partial charge in [0, 0.05) is 26.2 Å². The zero-order valence-electron chi connectivity index (χ0n) is 12.6. The fraction of sp³-hybridized carbons (Fsp3) is 0.500. The molecule has 0 aliphatic carbocycles. The first-order chi connectivity index (χ1) is 9.89. The lowest BCUT2D eigenvalue weighted by Gasteiger charge is -2.19. The molecule has 1 N–H and O–H groups in total. The Bertz CT molecular complexity index is 595. The van der Waals surface area contributed by atoms with Gasteiger partial charge in [-0.15, -0.1) is 13.2 Å². The number of hydrogen-bond donors (Lipinski definition) is 1. The number of aromatic nitrogens is 2. The summed E-state index contributed by atoms with van der Waals surface area (Å²) in [5.41, 5.74) is 1.04. The van der Waals surface area contributed by atoms with Crippen molar-refractivity contribution in [1.29, 1.82) is 0 Å². The molecule has 0 aliphatic rings. The summed E-state index contributed by atoms with van der Waals surface area (Å²) in [5, 5.41) is 13.2. The van der Waals surface area contributed by atoms with Gasteiger partial charge in [-0.2, -0.15) is 9.40 Å². The van der Waals surface area contributed by atoms with Crippen LogP contribution >= 0.6 is 0 Å². The molecule has 6 nitrogen and oxygen atoms in total. The van der Waals surface area contributed by atoms with Gasteiger partial charge in [0.25, 0.3) is 0 Å². The van der Waals surface area contributed by atoms with Gasteiger partial charge in [0.15, 0.2) is 0 Å². The first kappa shape index (κ1) is 17.6. The molecule has 0 saturated carbocycles. The number of aliphatic hydroxyl groups is 1. The SMILES string of the molecule is C=CCN(CC=C)S(=O)(=O)c1c(C)nn(CCCO)c1C.